The summed E-state index contributed by atoms with van der Waals surface area (Å²) in [7, 11) is 1.68. The Hall–Kier alpha value is -2.85. The maximum atomic E-state index is 5.54. The highest BCUT2D eigenvalue weighted by Crippen LogP contribution is 2.37. The Kier molecular flexibility index (Phi) is 3.47. The molecule has 5 aromatic rings. The van der Waals surface area contributed by atoms with Crippen LogP contribution in [0.5, 0.6) is 5.75 Å². The topological polar surface area (TPSA) is 37.9 Å². The molecular formula is C22H15BrN2O. The lowest BCUT2D eigenvalue weighted by atomic mass is 10.0. The smallest absolute Gasteiger partial charge is 0.142 e. The van der Waals surface area contributed by atoms with Gasteiger partial charge in [-0.1, -0.05) is 64.5 Å². The zero-order chi connectivity index (χ0) is 17.7. The molecule has 5 rings (SSSR count). The molecule has 3 nitrogen and oxygen atoms in total. The summed E-state index contributed by atoms with van der Waals surface area (Å²) < 4.78 is 6.53. The number of aromatic nitrogens is 2. The summed E-state index contributed by atoms with van der Waals surface area (Å²) in [5.41, 5.74) is 2.97. The second-order valence-corrected chi connectivity index (χ2v) is 7.16. The molecule has 1 heterocycles. The minimum Gasteiger partial charge on any atom is -0.496 e. The van der Waals surface area contributed by atoms with Gasteiger partial charge in [0.1, 0.15) is 11.6 Å². The Labute approximate surface area is 158 Å². The van der Waals surface area contributed by atoms with Crippen molar-refractivity contribution in [1.82, 2.24) is 9.97 Å². The van der Waals surface area contributed by atoms with Crippen LogP contribution in [0.25, 0.3) is 44.0 Å². The molecule has 0 atom stereocenters. The van der Waals surface area contributed by atoms with Crippen LogP contribution in [-0.2, 0) is 0 Å². The van der Waals surface area contributed by atoms with Crippen LogP contribution in [-0.4, -0.2) is 17.1 Å². The van der Waals surface area contributed by atoms with Crippen LogP contribution < -0.4 is 4.74 Å². The highest BCUT2D eigenvalue weighted by Gasteiger charge is 2.15. The zero-order valence-electron chi connectivity index (χ0n) is 14.1. The van der Waals surface area contributed by atoms with Crippen molar-refractivity contribution in [3.63, 3.8) is 0 Å². The molecule has 0 unspecified atom stereocenters. The van der Waals surface area contributed by atoms with E-state index >= 15 is 0 Å². The van der Waals surface area contributed by atoms with Gasteiger partial charge in [0.2, 0.25) is 0 Å². The molecule has 0 spiro atoms. The molecule has 1 N–H and O–H groups in total. The molecule has 0 saturated carbocycles. The number of rotatable bonds is 2. The van der Waals surface area contributed by atoms with E-state index in [2.05, 4.69) is 69.4 Å². The molecule has 0 amide bonds. The molecule has 0 saturated heterocycles. The van der Waals surface area contributed by atoms with Crippen molar-refractivity contribution < 1.29 is 4.74 Å². The van der Waals surface area contributed by atoms with Gasteiger partial charge in [0.15, 0.2) is 0 Å². The van der Waals surface area contributed by atoms with Crippen LogP contribution >= 0.6 is 15.9 Å². The summed E-state index contributed by atoms with van der Waals surface area (Å²) in [5, 5.41) is 4.77. The quantitative estimate of drug-likeness (QED) is 0.351. The summed E-state index contributed by atoms with van der Waals surface area (Å²) in [6, 6.07) is 22.8. The standard InChI is InChI=1S/C22H15BrN2O/c1-26-19-11-10-13(23)12-18(19)22-24-20-16-8-4-2-6-14(16)15-7-3-5-9-17(15)21(20)25-22/h2-12H,1H3,(H,24,25). The number of aromatic amines is 1. The van der Waals surface area contributed by atoms with Crippen molar-refractivity contribution in [2.75, 3.05) is 7.11 Å². The van der Waals surface area contributed by atoms with Crippen LogP contribution in [0.1, 0.15) is 0 Å². The van der Waals surface area contributed by atoms with Crippen LogP contribution in [0.2, 0.25) is 0 Å². The largest absolute Gasteiger partial charge is 0.496 e. The average molecular weight is 403 g/mol. The molecule has 0 aliphatic rings. The summed E-state index contributed by atoms with van der Waals surface area (Å²) >= 11 is 3.55. The molecule has 1 aromatic heterocycles. The van der Waals surface area contributed by atoms with Gasteiger partial charge in [-0.3, -0.25) is 0 Å². The lowest BCUT2D eigenvalue weighted by Gasteiger charge is -2.06. The van der Waals surface area contributed by atoms with E-state index in [9.17, 15) is 0 Å². The third-order valence-electron chi connectivity index (χ3n) is 4.79. The van der Waals surface area contributed by atoms with E-state index in [1.165, 1.54) is 16.2 Å². The van der Waals surface area contributed by atoms with Crippen LogP contribution in [0.4, 0.5) is 0 Å². The van der Waals surface area contributed by atoms with E-state index in [0.717, 1.165) is 38.0 Å². The minimum absolute atomic E-state index is 0.792. The van der Waals surface area contributed by atoms with Gasteiger partial charge >= 0.3 is 0 Å². The number of hydrogen-bond acceptors (Lipinski definition) is 2. The van der Waals surface area contributed by atoms with E-state index in [-0.39, 0.29) is 0 Å². The number of H-pyrrole nitrogens is 1. The van der Waals surface area contributed by atoms with Crippen LogP contribution in [0, 0.1) is 0 Å². The van der Waals surface area contributed by atoms with Gasteiger partial charge in [0.25, 0.3) is 0 Å². The zero-order valence-corrected chi connectivity index (χ0v) is 15.7. The minimum atomic E-state index is 0.792. The third kappa shape index (κ3) is 2.22. The summed E-state index contributed by atoms with van der Waals surface area (Å²) in [4.78, 5) is 8.49. The number of fused-ring (bicyclic) bond motifs is 6. The molecule has 0 fully saturated rings. The van der Waals surface area contributed by atoms with E-state index < -0.39 is 0 Å². The number of ether oxygens (including phenoxy) is 1. The predicted octanol–water partition coefficient (Wildman–Crippen LogP) is 6.31. The van der Waals surface area contributed by atoms with Crippen molar-refractivity contribution >= 4 is 48.5 Å². The van der Waals surface area contributed by atoms with Crippen molar-refractivity contribution in [2.24, 2.45) is 0 Å². The van der Waals surface area contributed by atoms with E-state index in [1.807, 2.05) is 18.2 Å². The molecule has 0 aliphatic heterocycles. The van der Waals surface area contributed by atoms with Crippen molar-refractivity contribution in [3.8, 4) is 17.1 Å². The molecule has 0 radical (unpaired) electrons. The summed E-state index contributed by atoms with van der Waals surface area (Å²) in [6.45, 7) is 0. The van der Waals surface area contributed by atoms with E-state index in [0.29, 0.717) is 0 Å². The highest BCUT2D eigenvalue weighted by molar-refractivity contribution is 9.10. The monoisotopic (exact) mass is 402 g/mol. The number of nitrogens with one attached hydrogen (secondary N) is 1. The van der Waals surface area contributed by atoms with Crippen LogP contribution in [0.15, 0.2) is 71.2 Å². The molecule has 4 heteroatoms. The van der Waals surface area contributed by atoms with Crippen LogP contribution in [0.3, 0.4) is 0 Å². The summed E-state index contributed by atoms with van der Waals surface area (Å²) in [6.07, 6.45) is 0. The maximum Gasteiger partial charge on any atom is 0.142 e. The Bertz CT molecular complexity index is 1220. The number of halogens is 1. The lowest BCUT2D eigenvalue weighted by molar-refractivity contribution is 0.416. The number of nitrogens with zero attached hydrogens (tertiary/aromatic N) is 1. The first-order valence-electron chi connectivity index (χ1n) is 8.39. The van der Waals surface area contributed by atoms with Crippen molar-refractivity contribution in [2.45, 2.75) is 0 Å². The normalized spacial score (nSPS) is 11.5. The number of hydrogen-bond donors (Lipinski definition) is 1. The Balaban J connectivity index is 1.93. The van der Waals surface area contributed by atoms with E-state index in [4.69, 9.17) is 9.72 Å². The van der Waals surface area contributed by atoms with Gasteiger partial charge in [0, 0.05) is 15.2 Å². The van der Waals surface area contributed by atoms with Gasteiger partial charge < -0.3 is 9.72 Å². The maximum absolute atomic E-state index is 5.54. The second-order valence-electron chi connectivity index (χ2n) is 6.24. The highest BCUT2D eigenvalue weighted by atomic mass is 79.9. The molecule has 0 bridgehead atoms. The molecule has 0 aliphatic carbocycles. The fourth-order valence-electron chi connectivity index (χ4n) is 3.62. The van der Waals surface area contributed by atoms with Crippen molar-refractivity contribution in [1.29, 1.82) is 0 Å². The number of methoxy groups -OCH3 is 1. The number of imidazole rings is 1. The average Bonchev–Trinajstić information content (AvgIpc) is 3.14. The van der Waals surface area contributed by atoms with Gasteiger partial charge in [-0.25, -0.2) is 4.98 Å². The predicted molar refractivity (Wildman–Crippen MR) is 111 cm³/mol. The van der Waals surface area contributed by atoms with Gasteiger partial charge in [-0.15, -0.1) is 0 Å². The molecular weight excluding hydrogens is 388 g/mol. The fourth-order valence-corrected chi connectivity index (χ4v) is 3.98. The molecule has 4 aromatic carbocycles. The summed E-state index contributed by atoms with van der Waals surface area (Å²) in [5.74, 6) is 1.60. The SMILES string of the molecule is COc1ccc(Br)cc1-c1nc2c3ccccc3c3ccccc3c2[nH]1. The second kappa shape index (κ2) is 5.85. The molecule has 26 heavy (non-hydrogen) atoms. The van der Waals surface area contributed by atoms with Crippen molar-refractivity contribution in [3.05, 3.63) is 71.2 Å². The van der Waals surface area contributed by atoms with Gasteiger partial charge in [-0.2, -0.15) is 0 Å². The fraction of sp³-hybridized carbons (Fsp3) is 0.0455. The Morgan fingerprint density at radius 2 is 1.50 bits per heavy atom. The first-order chi connectivity index (χ1) is 12.8. The first kappa shape index (κ1) is 15.4. The Morgan fingerprint density at radius 3 is 2.23 bits per heavy atom. The van der Waals surface area contributed by atoms with Gasteiger partial charge in [-0.05, 0) is 29.0 Å². The lowest BCUT2D eigenvalue weighted by Crippen LogP contribution is -1.89. The van der Waals surface area contributed by atoms with Gasteiger partial charge in [0.05, 0.1) is 23.7 Å². The number of benzene rings is 4. The Morgan fingerprint density at radius 1 is 0.846 bits per heavy atom. The molecule has 126 valence electrons. The third-order valence-corrected chi connectivity index (χ3v) is 5.28. The van der Waals surface area contributed by atoms with E-state index in [1.54, 1.807) is 7.11 Å². The first-order valence-corrected chi connectivity index (χ1v) is 9.18.